The van der Waals surface area contributed by atoms with Crippen LogP contribution in [0, 0.1) is 6.92 Å². The Morgan fingerprint density at radius 2 is 1.77 bits per heavy atom. The predicted octanol–water partition coefficient (Wildman–Crippen LogP) is 6.53. The van der Waals surface area contributed by atoms with E-state index in [9.17, 15) is 9.59 Å². The van der Waals surface area contributed by atoms with Gasteiger partial charge in [-0.05, 0) is 47.7 Å². The number of esters is 1. The highest BCUT2D eigenvalue weighted by Gasteiger charge is 2.23. The van der Waals surface area contributed by atoms with Gasteiger partial charge in [0.25, 0.3) is 0 Å². The molecule has 0 aliphatic heterocycles. The first kappa shape index (κ1) is 20.9. The number of carbonyl (C=O) groups excluding carboxylic acids is 1. The lowest BCUT2D eigenvalue weighted by molar-refractivity contribution is 0.0698. The summed E-state index contributed by atoms with van der Waals surface area (Å²) in [7, 11) is 0. The number of hydrogen-bond acceptors (Lipinski definition) is 5. The topological polar surface area (TPSA) is 69.7 Å². The molecule has 0 radical (unpaired) electrons. The molecule has 2 aromatic carbocycles. The van der Waals surface area contributed by atoms with Gasteiger partial charge in [0.15, 0.2) is 5.76 Å². The highest BCUT2D eigenvalue weighted by atomic mass is 35.5. The van der Waals surface area contributed by atoms with Gasteiger partial charge in [-0.15, -0.1) is 0 Å². The molecule has 4 aromatic rings. The molecular weight excluding hydrogens is 416 g/mol. The van der Waals surface area contributed by atoms with E-state index in [1.807, 2.05) is 31.2 Å². The lowest BCUT2D eigenvalue weighted by atomic mass is 9.86. The fourth-order valence-electron chi connectivity index (χ4n) is 3.24. The predicted molar refractivity (Wildman–Crippen MR) is 120 cm³/mol. The Morgan fingerprint density at radius 3 is 2.39 bits per heavy atom. The van der Waals surface area contributed by atoms with Gasteiger partial charge >= 0.3 is 5.97 Å². The van der Waals surface area contributed by atoms with Gasteiger partial charge < -0.3 is 13.6 Å². The molecule has 0 saturated carbocycles. The minimum absolute atomic E-state index is 0.0181. The fourth-order valence-corrected chi connectivity index (χ4v) is 3.40. The third-order valence-corrected chi connectivity index (χ3v) is 5.47. The molecule has 0 amide bonds. The monoisotopic (exact) mass is 436 g/mol. The third kappa shape index (κ3) is 4.01. The Morgan fingerprint density at radius 1 is 1.06 bits per heavy atom. The van der Waals surface area contributed by atoms with E-state index in [1.54, 1.807) is 12.1 Å². The van der Waals surface area contributed by atoms with Crippen LogP contribution in [0.1, 0.15) is 42.5 Å². The average Bonchev–Trinajstić information content (AvgIpc) is 3.26. The van der Waals surface area contributed by atoms with Crippen LogP contribution < -0.4 is 10.2 Å². The van der Waals surface area contributed by atoms with Gasteiger partial charge in [-0.25, -0.2) is 4.79 Å². The van der Waals surface area contributed by atoms with Crippen molar-refractivity contribution in [3.8, 4) is 17.1 Å². The number of carbonyl (C=O) groups is 1. The van der Waals surface area contributed by atoms with Gasteiger partial charge in [0.1, 0.15) is 5.58 Å². The molecule has 4 rings (SSSR count). The largest absolute Gasteiger partial charge is 0.457 e. The summed E-state index contributed by atoms with van der Waals surface area (Å²) in [6.07, 6.45) is 1.36. The van der Waals surface area contributed by atoms with E-state index in [4.69, 9.17) is 25.2 Å². The molecule has 0 fully saturated rings. The van der Waals surface area contributed by atoms with Crippen molar-refractivity contribution in [1.29, 1.82) is 0 Å². The van der Waals surface area contributed by atoms with Gasteiger partial charge in [-0.2, -0.15) is 0 Å². The normalized spacial score (nSPS) is 11.6. The van der Waals surface area contributed by atoms with Crippen LogP contribution in [0.15, 0.2) is 68.4 Å². The first-order valence-corrected chi connectivity index (χ1v) is 10.2. The molecule has 2 aromatic heterocycles. The molecule has 31 heavy (non-hydrogen) atoms. The minimum atomic E-state index is -0.789. The zero-order chi connectivity index (χ0) is 22.3. The molecule has 0 spiro atoms. The molecule has 0 aliphatic rings. The van der Waals surface area contributed by atoms with Crippen molar-refractivity contribution in [2.75, 3.05) is 0 Å². The zero-order valence-electron chi connectivity index (χ0n) is 17.6. The number of furan rings is 1. The average molecular weight is 437 g/mol. The second-order valence-corrected chi connectivity index (χ2v) is 8.79. The zero-order valence-corrected chi connectivity index (χ0v) is 18.4. The lowest BCUT2D eigenvalue weighted by Crippen LogP contribution is -2.16. The van der Waals surface area contributed by atoms with E-state index < -0.39 is 11.4 Å². The number of halogens is 1. The van der Waals surface area contributed by atoms with Crippen molar-refractivity contribution in [3.05, 3.63) is 86.9 Å². The van der Waals surface area contributed by atoms with Crippen LogP contribution in [0.4, 0.5) is 0 Å². The Bertz CT molecular complexity index is 1320. The van der Waals surface area contributed by atoms with E-state index in [-0.39, 0.29) is 28.1 Å². The number of ether oxygens (including phenoxy) is 1. The minimum Gasteiger partial charge on any atom is -0.457 e. The van der Waals surface area contributed by atoms with Crippen molar-refractivity contribution in [1.82, 2.24) is 0 Å². The van der Waals surface area contributed by atoms with Crippen LogP contribution >= 0.6 is 11.6 Å². The first-order valence-electron chi connectivity index (χ1n) is 9.78. The Balaban J connectivity index is 1.92. The van der Waals surface area contributed by atoms with E-state index in [2.05, 4.69) is 20.8 Å². The summed E-state index contributed by atoms with van der Waals surface area (Å²) < 4.78 is 16.6. The molecule has 0 bridgehead atoms. The standard InChI is InChI=1S/C25H21ClO5/c1-14-12-20-17(13-18(14)26)21(27)23(31-24(28)19-6-5-11-29-19)22(30-20)15-7-9-16(10-8-15)25(2,3)4/h5-13H,1-4H3. The second kappa shape index (κ2) is 7.75. The van der Waals surface area contributed by atoms with Crippen molar-refractivity contribution in [2.45, 2.75) is 33.1 Å². The summed E-state index contributed by atoms with van der Waals surface area (Å²) >= 11 is 6.21. The van der Waals surface area contributed by atoms with Gasteiger partial charge in [-0.1, -0.05) is 56.6 Å². The summed E-state index contributed by atoms with van der Waals surface area (Å²) in [5.74, 6) is -0.852. The van der Waals surface area contributed by atoms with Crippen LogP contribution in [0.2, 0.25) is 5.02 Å². The van der Waals surface area contributed by atoms with E-state index in [0.717, 1.165) is 11.1 Å². The Hall–Kier alpha value is -3.31. The maximum atomic E-state index is 13.3. The fraction of sp³-hybridized carbons (Fsp3) is 0.200. The molecule has 0 atom stereocenters. The number of fused-ring (bicyclic) bond motifs is 1. The number of rotatable bonds is 3. The van der Waals surface area contributed by atoms with Gasteiger partial charge in [0, 0.05) is 10.6 Å². The van der Waals surface area contributed by atoms with Crippen molar-refractivity contribution in [2.24, 2.45) is 0 Å². The van der Waals surface area contributed by atoms with E-state index >= 15 is 0 Å². The summed E-state index contributed by atoms with van der Waals surface area (Å²) in [6, 6.07) is 13.9. The summed E-state index contributed by atoms with van der Waals surface area (Å²) in [5.41, 5.74) is 2.34. The molecule has 5 nitrogen and oxygen atoms in total. The molecule has 0 N–H and O–H groups in total. The van der Waals surface area contributed by atoms with Crippen LogP contribution in [-0.2, 0) is 5.41 Å². The van der Waals surface area contributed by atoms with E-state index in [0.29, 0.717) is 16.2 Å². The molecular formula is C25H21ClO5. The van der Waals surface area contributed by atoms with Gasteiger partial charge in [0.05, 0.1) is 11.6 Å². The highest BCUT2D eigenvalue weighted by Crippen LogP contribution is 2.34. The molecule has 2 heterocycles. The Kier molecular flexibility index (Phi) is 5.23. The second-order valence-electron chi connectivity index (χ2n) is 8.38. The number of hydrogen-bond donors (Lipinski definition) is 0. The van der Waals surface area contributed by atoms with Crippen molar-refractivity contribution >= 4 is 28.5 Å². The summed E-state index contributed by atoms with van der Waals surface area (Å²) in [4.78, 5) is 25.8. The Labute approximate surface area is 184 Å². The number of benzene rings is 2. The maximum Gasteiger partial charge on any atom is 0.379 e. The van der Waals surface area contributed by atoms with Gasteiger partial charge in [0.2, 0.25) is 16.9 Å². The highest BCUT2D eigenvalue weighted by molar-refractivity contribution is 6.32. The summed E-state index contributed by atoms with van der Waals surface area (Å²) in [6.45, 7) is 8.16. The maximum absolute atomic E-state index is 13.3. The smallest absolute Gasteiger partial charge is 0.379 e. The SMILES string of the molecule is Cc1cc2oc(-c3ccc(C(C)(C)C)cc3)c(OC(=O)c3ccco3)c(=O)c2cc1Cl. The van der Waals surface area contributed by atoms with Crippen molar-refractivity contribution in [3.63, 3.8) is 0 Å². The van der Waals surface area contributed by atoms with Crippen LogP contribution in [0.25, 0.3) is 22.3 Å². The molecule has 0 aliphatic carbocycles. The van der Waals surface area contributed by atoms with E-state index in [1.165, 1.54) is 18.4 Å². The molecule has 158 valence electrons. The van der Waals surface area contributed by atoms with Crippen LogP contribution in [-0.4, -0.2) is 5.97 Å². The number of aryl methyl sites for hydroxylation is 1. The molecule has 6 heteroatoms. The third-order valence-electron chi connectivity index (χ3n) is 5.06. The quantitative estimate of drug-likeness (QED) is 0.341. The van der Waals surface area contributed by atoms with Crippen molar-refractivity contribution < 1.29 is 18.4 Å². The summed E-state index contributed by atoms with van der Waals surface area (Å²) in [5, 5.41) is 0.651. The van der Waals surface area contributed by atoms with Crippen LogP contribution in [0.5, 0.6) is 5.75 Å². The van der Waals surface area contributed by atoms with Crippen LogP contribution in [0.3, 0.4) is 0 Å². The lowest BCUT2D eigenvalue weighted by Gasteiger charge is -2.19. The first-order chi connectivity index (χ1) is 14.6. The molecule has 0 unspecified atom stereocenters. The van der Waals surface area contributed by atoms with Gasteiger partial charge in [-0.3, -0.25) is 4.79 Å². The molecule has 0 saturated heterocycles.